The number of carbonyl (C=O) groups excluding carboxylic acids is 1. The van der Waals surface area contributed by atoms with E-state index < -0.39 is 10.0 Å². The number of aryl methyl sites for hydroxylation is 2. The van der Waals surface area contributed by atoms with Gasteiger partial charge >= 0.3 is 0 Å². The first-order chi connectivity index (χ1) is 11.7. The normalized spacial score (nSPS) is 11.7. The van der Waals surface area contributed by atoms with Crippen LogP contribution in [-0.2, 0) is 10.0 Å². The summed E-state index contributed by atoms with van der Waals surface area (Å²) in [4.78, 5) is 12.5. The Hall–Kier alpha value is -2.19. The van der Waals surface area contributed by atoms with E-state index in [0.717, 1.165) is 5.56 Å². The Morgan fingerprint density at radius 1 is 1.16 bits per heavy atom. The van der Waals surface area contributed by atoms with Gasteiger partial charge in [0.15, 0.2) is 5.76 Å². The Kier molecular flexibility index (Phi) is 5.97. The highest BCUT2D eigenvalue weighted by atomic mass is 32.2. The predicted molar refractivity (Wildman–Crippen MR) is 94.0 cm³/mol. The quantitative estimate of drug-likeness (QED) is 0.732. The molecule has 0 spiro atoms. The molecule has 0 saturated carbocycles. The Bertz CT molecular complexity index is 839. The topological polar surface area (TPSA) is 101 Å². The zero-order valence-electron chi connectivity index (χ0n) is 14.8. The molecular weight excluding hydrogens is 342 g/mol. The van der Waals surface area contributed by atoms with Gasteiger partial charge in [-0.1, -0.05) is 36.7 Å². The standard InChI is InChI=1S/C17H23N3O4S/c1-11(2)16-15(13(4)20-24-16)17(21)18-9-10-19-25(22,23)14-7-5-12(3)6-8-14/h5-8,11,19H,9-10H2,1-4H3,(H,18,21). The monoisotopic (exact) mass is 365 g/mol. The van der Waals surface area contributed by atoms with Crippen molar-refractivity contribution in [2.24, 2.45) is 0 Å². The number of benzene rings is 1. The fraction of sp³-hybridized carbons (Fsp3) is 0.412. The Morgan fingerprint density at radius 2 is 1.80 bits per heavy atom. The first-order valence-electron chi connectivity index (χ1n) is 8.03. The molecule has 0 fully saturated rings. The average molecular weight is 365 g/mol. The van der Waals surface area contributed by atoms with Crippen molar-refractivity contribution in [3.05, 3.63) is 46.8 Å². The van der Waals surface area contributed by atoms with E-state index in [0.29, 0.717) is 17.0 Å². The molecule has 1 aromatic carbocycles. The lowest BCUT2D eigenvalue weighted by molar-refractivity contribution is 0.0951. The van der Waals surface area contributed by atoms with Gasteiger partial charge in [-0.25, -0.2) is 13.1 Å². The summed E-state index contributed by atoms with van der Waals surface area (Å²) in [6, 6.07) is 6.56. The minimum Gasteiger partial charge on any atom is -0.360 e. The largest absolute Gasteiger partial charge is 0.360 e. The maximum Gasteiger partial charge on any atom is 0.256 e. The van der Waals surface area contributed by atoms with Crippen LogP contribution in [0.5, 0.6) is 0 Å². The highest BCUT2D eigenvalue weighted by Gasteiger charge is 2.22. The highest BCUT2D eigenvalue weighted by molar-refractivity contribution is 7.89. The van der Waals surface area contributed by atoms with E-state index in [1.54, 1.807) is 31.2 Å². The number of nitrogens with zero attached hydrogens (tertiary/aromatic N) is 1. The van der Waals surface area contributed by atoms with Crippen molar-refractivity contribution in [2.75, 3.05) is 13.1 Å². The molecule has 25 heavy (non-hydrogen) atoms. The Labute approximate surface area is 147 Å². The van der Waals surface area contributed by atoms with Gasteiger partial charge in [0, 0.05) is 19.0 Å². The number of nitrogens with one attached hydrogen (secondary N) is 2. The third-order valence-electron chi connectivity index (χ3n) is 3.67. The van der Waals surface area contributed by atoms with Crippen molar-refractivity contribution in [1.82, 2.24) is 15.2 Å². The van der Waals surface area contributed by atoms with Gasteiger partial charge in [0.05, 0.1) is 10.6 Å². The lowest BCUT2D eigenvalue weighted by Gasteiger charge is -2.09. The van der Waals surface area contributed by atoms with Crippen molar-refractivity contribution in [1.29, 1.82) is 0 Å². The summed E-state index contributed by atoms with van der Waals surface area (Å²) in [5.74, 6) is 0.231. The second-order valence-electron chi connectivity index (χ2n) is 6.13. The summed E-state index contributed by atoms with van der Waals surface area (Å²) >= 11 is 0. The van der Waals surface area contributed by atoms with Crippen molar-refractivity contribution in [2.45, 2.75) is 38.5 Å². The zero-order chi connectivity index (χ0) is 18.6. The molecule has 1 aromatic heterocycles. The summed E-state index contributed by atoms with van der Waals surface area (Å²) in [7, 11) is -3.59. The maximum atomic E-state index is 12.3. The summed E-state index contributed by atoms with van der Waals surface area (Å²) in [5, 5.41) is 6.51. The number of aromatic nitrogens is 1. The zero-order valence-corrected chi connectivity index (χ0v) is 15.6. The molecule has 0 aliphatic carbocycles. The minimum absolute atomic E-state index is 0.0296. The number of sulfonamides is 1. The fourth-order valence-electron chi connectivity index (χ4n) is 2.31. The first-order valence-corrected chi connectivity index (χ1v) is 9.51. The summed E-state index contributed by atoms with van der Waals surface area (Å²) in [6.07, 6.45) is 0. The van der Waals surface area contributed by atoms with Gasteiger partial charge in [0.2, 0.25) is 10.0 Å². The minimum atomic E-state index is -3.59. The van der Waals surface area contributed by atoms with Crippen LogP contribution in [0.2, 0.25) is 0 Å². The van der Waals surface area contributed by atoms with Crippen molar-refractivity contribution >= 4 is 15.9 Å². The van der Waals surface area contributed by atoms with Gasteiger partial charge < -0.3 is 9.84 Å². The molecule has 0 aliphatic rings. The van der Waals surface area contributed by atoms with E-state index >= 15 is 0 Å². The molecule has 0 atom stereocenters. The first kappa shape index (κ1) is 19.1. The molecule has 2 aromatic rings. The number of amides is 1. The molecule has 0 bridgehead atoms. The summed E-state index contributed by atoms with van der Waals surface area (Å²) in [5.41, 5.74) is 1.91. The number of hydrogen-bond donors (Lipinski definition) is 2. The van der Waals surface area contributed by atoms with Gasteiger partial charge in [-0.15, -0.1) is 0 Å². The molecule has 0 aliphatic heterocycles. The molecule has 2 N–H and O–H groups in total. The second kappa shape index (κ2) is 7.79. The van der Waals surface area contributed by atoms with Gasteiger partial charge in [-0.05, 0) is 26.0 Å². The van der Waals surface area contributed by atoms with Crippen molar-refractivity contribution in [3.8, 4) is 0 Å². The van der Waals surface area contributed by atoms with Crippen molar-refractivity contribution < 1.29 is 17.7 Å². The van der Waals surface area contributed by atoms with Gasteiger partial charge in [-0.3, -0.25) is 4.79 Å². The number of rotatable bonds is 7. The lowest BCUT2D eigenvalue weighted by Crippen LogP contribution is -2.35. The van der Waals surface area contributed by atoms with E-state index in [4.69, 9.17) is 4.52 Å². The maximum absolute atomic E-state index is 12.3. The molecule has 136 valence electrons. The lowest BCUT2D eigenvalue weighted by atomic mass is 10.0. The number of hydrogen-bond acceptors (Lipinski definition) is 5. The third kappa shape index (κ3) is 4.67. The van der Waals surface area contributed by atoms with Crippen LogP contribution in [0, 0.1) is 13.8 Å². The SMILES string of the molecule is Cc1ccc(S(=O)(=O)NCCNC(=O)c2c(C)noc2C(C)C)cc1. The number of carbonyl (C=O) groups is 1. The van der Waals surface area contributed by atoms with Gasteiger partial charge in [0.25, 0.3) is 5.91 Å². The third-order valence-corrected chi connectivity index (χ3v) is 5.15. The van der Waals surface area contributed by atoms with E-state index in [1.165, 1.54) is 0 Å². The fourth-order valence-corrected chi connectivity index (χ4v) is 3.34. The van der Waals surface area contributed by atoms with Crippen molar-refractivity contribution in [3.63, 3.8) is 0 Å². The van der Waals surface area contributed by atoms with Crippen LogP contribution in [0.1, 0.15) is 47.1 Å². The van der Waals surface area contributed by atoms with Crippen LogP contribution in [-0.4, -0.2) is 32.6 Å². The van der Waals surface area contributed by atoms with E-state index in [2.05, 4.69) is 15.2 Å². The van der Waals surface area contributed by atoms with Crippen LogP contribution in [0.15, 0.2) is 33.7 Å². The van der Waals surface area contributed by atoms with E-state index in [-0.39, 0.29) is 29.8 Å². The van der Waals surface area contributed by atoms with Crippen LogP contribution in [0.25, 0.3) is 0 Å². The van der Waals surface area contributed by atoms with Crippen LogP contribution >= 0.6 is 0 Å². The summed E-state index contributed by atoms with van der Waals surface area (Å²) in [6.45, 7) is 7.65. The summed E-state index contributed by atoms with van der Waals surface area (Å²) < 4.78 is 32.0. The molecule has 2 rings (SSSR count). The van der Waals surface area contributed by atoms with Gasteiger partial charge in [-0.2, -0.15) is 0 Å². The van der Waals surface area contributed by atoms with Crippen LogP contribution < -0.4 is 10.0 Å². The Morgan fingerprint density at radius 3 is 2.40 bits per heavy atom. The molecule has 7 nitrogen and oxygen atoms in total. The smallest absolute Gasteiger partial charge is 0.256 e. The van der Waals surface area contributed by atoms with Crippen LogP contribution in [0.4, 0.5) is 0 Å². The molecule has 0 saturated heterocycles. The molecular formula is C17H23N3O4S. The molecule has 0 radical (unpaired) electrons. The van der Waals surface area contributed by atoms with E-state index in [9.17, 15) is 13.2 Å². The highest BCUT2D eigenvalue weighted by Crippen LogP contribution is 2.21. The molecule has 1 heterocycles. The second-order valence-corrected chi connectivity index (χ2v) is 7.90. The van der Waals surface area contributed by atoms with E-state index in [1.807, 2.05) is 20.8 Å². The molecule has 8 heteroatoms. The average Bonchev–Trinajstić information content (AvgIpc) is 2.94. The molecule has 1 amide bonds. The Balaban J connectivity index is 1.92. The predicted octanol–water partition coefficient (Wildman–Crippen LogP) is 2.12. The van der Waals surface area contributed by atoms with Crippen LogP contribution in [0.3, 0.4) is 0 Å². The molecule has 0 unspecified atom stereocenters. The van der Waals surface area contributed by atoms with Gasteiger partial charge in [0.1, 0.15) is 5.56 Å².